The summed E-state index contributed by atoms with van der Waals surface area (Å²) in [6.45, 7) is 4.69. The molecule has 1 aromatic heterocycles. The van der Waals surface area contributed by atoms with Crippen molar-refractivity contribution in [1.29, 1.82) is 0 Å². The molecule has 174 valence electrons. The van der Waals surface area contributed by atoms with Gasteiger partial charge in [-0.2, -0.15) is 0 Å². The zero-order chi connectivity index (χ0) is 23.2. The molecule has 1 saturated carbocycles. The first-order chi connectivity index (χ1) is 16.0. The zero-order valence-corrected chi connectivity index (χ0v) is 20.2. The Bertz CT molecular complexity index is 1110. The van der Waals surface area contributed by atoms with Gasteiger partial charge in [-0.05, 0) is 56.0 Å². The number of hydrogen-bond donors (Lipinski definition) is 2. The summed E-state index contributed by atoms with van der Waals surface area (Å²) in [6.07, 6.45) is 4.55. The summed E-state index contributed by atoms with van der Waals surface area (Å²) in [5, 5.41) is 16.2. The number of methoxy groups -OCH3 is 1. The van der Waals surface area contributed by atoms with Crippen LogP contribution in [0.2, 0.25) is 0 Å². The molecule has 0 aliphatic heterocycles. The third-order valence-corrected chi connectivity index (χ3v) is 7.02. The minimum atomic E-state index is 0.0541. The van der Waals surface area contributed by atoms with Gasteiger partial charge in [-0.25, -0.2) is 0 Å². The average Bonchev–Trinajstić information content (AvgIpc) is 3.48. The first-order valence-corrected chi connectivity index (χ1v) is 12.3. The third-order valence-electron chi connectivity index (χ3n) is 6.09. The highest BCUT2D eigenvalue weighted by molar-refractivity contribution is 7.99. The number of thioether (sulfide) groups is 1. The van der Waals surface area contributed by atoms with E-state index in [1.165, 1.54) is 30.2 Å². The fourth-order valence-corrected chi connectivity index (χ4v) is 4.89. The molecule has 4 rings (SSSR count). The molecular weight excluding hydrogens is 434 g/mol. The monoisotopic (exact) mass is 465 g/mol. The number of nitrogens with zero attached hydrogens (tertiary/aromatic N) is 3. The van der Waals surface area contributed by atoms with Gasteiger partial charge in [0.05, 0.1) is 25.1 Å². The van der Waals surface area contributed by atoms with Crippen molar-refractivity contribution in [3.63, 3.8) is 0 Å². The topological polar surface area (TPSA) is 81.1 Å². The number of benzene rings is 2. The number of carbonyl (C=O) groups is 1. The lowest BCUT2D eigenvalue weighted by molar-refractivity contribution is -0.119. The molecule has 7 nitrogen and oxygen atoms in total. The summed E-state index contributed by atoms with van der Waals surface area (Å²) in [7, 11) is 1.66. The minimum absolute atomic E-state index is 0.0541. The second kappa shape index (κ2) is 10.7. The Balaban J connectivity index is 1.55. The number of nitrogens with one attached hydrogen (secondary N) is 2. The van der Waals surface area contributed by atoms with E-state index in [0.29, 0.717) is 23.5 Å². The Morgan fingerprint density at radius 1 is 1.15 bits per heavy atom. The van der Waals surface area contributed by atoms with Crippen LogP contribution in [0, 0.1) is 13.8 Å². The van der Waals surface area contributed by atoms with Crippen LogP contribution in [0.3, 0.4) is 0 Å². The highest BCUT2D eigenvalue weighted by Crippen LogP contribution is 2.27. The molecule has 1 heterocycles. The first-order valence-electron chi connectivity index (χ1n) is 11.4. The fraction of sp³-hybridized carbons (Fsp3) is 0.400. The molecule has 3 aromatic rings. The Morgan fingerprint density at radius 2 is 1.94 bits per heavy atom. The van der Waals surface area contributed by atoms with E-state index in [2.05, 4.69) is 51.4 Å². The standard InChI is InChI=1S/C25H31N5O2S/c1-17-8-6-13-22(18(17)2)30-23(15-26-20-11-7-12-21(14-20)32-3)28-29-25(30)33-16-24(31)27-19-9-4-5-10-19/h6-8,11-14,19,26H,4-5,9-10,15-16H2,1-3H3,(H,27,31). The van der Waals surface area contributed by atoms with E-state index in [9.17, 15) is 4.79 Å². The van der Waals surface area contributed by atoms with Crippen LogP contribution in [0.1, 0.15) is 42.6 Å². The minimum Gasteiger partial charge on any atom is -0.497 e. The van der Waals surface area contributed by atoms with Crippen molar-refractivity contribution in [3.05, 3.63) is 59.4 Å². The second-order valence-electron chi connectivity index (χ2n) is 8.38. The number of aromatic nitrogens is 3. The van der Waals surface area contributed by atoms with E-state index in [0.717, 1.165) is 41.4 Å². The lowest BCUT2D eigenvalue weighted by Gasteiger charge is -2.15. The largest absolute Gasteiger partial charge is 0.497 e. The molecule has 0 atom stereocenters. The summed E-state index contributed by atoms with van der Waals surface area (Å²) in [6, 6.07) is 14.3. The number of carbonyl (C=O) groups excluding carboxylic acids is 1. The molecule has 1 fully saturated rings. The van der Waals surface area contributed by atoms with Gasteiger partial charge < -0.3 is 15.4 Å². The lowest BCUT2D eigenvalue weighted by atomic mass is 10.1. The van der Waals surface area contributed by atoms with Crippen LogP contribution in [0.15, 0.2) is 47.6 Å². The van der Waals surface area contributed by atoms with Crippen LogP contribution in [0.25, 0.3) is 5.69 Å². The normalized spacial score (nSPS) is 13.8. The summed E-state index contributed by atoms with van der Waals surface area (Å²) in [4.78, 5) is 12.5. The highest BCUT2D eigenvalue weighted by Gasteiger charge is 2.20. The molecule has 0 bridgehead atoms. The second-order valence-corrected chi connectivity index (χ2v) is 9.32. The van der Waals surface area contributed by atoms with Gasteiger partial charge in [-0.3, -0.25) is 9.36 Å². The highest BCUT2D eigenvalue weighted by atomic mass is 32.2. The quantitative estimate of drug-likeness (QED) is 0.448. The van der Waals surface area contributed by atoms with Crippen LogP contribution in [0.5, 0.6) is 5.75 Å². The van der Waals surface area contributed by atoms with Gasteiger partial charge in [-0.15, -0.1) is 10.2 Å². The lowest BCUT2D eigenvalue weighted by Crippen LogP contribution is -2.33. The van der Waals surface area contributed by atoms with E-state index in [1.54, 1.807) is 7.11 Å². The van der Waals surface area contributed by atoms with Crippen molar-refractivity contribution in [2.45, 2.75) is 57.3 Å². The van der Waals surface area contributed by atoms with Crippen LogP contribution >= 0.6 is 11.8 Å². The molecule has 33 heavy (non-hydrogen) atoms. The van der Waals surface area contributed by atoms with E-state index in [-0.39, 0.29) is 5.91 Å². The van der Waals surface area contributed by atoms with Crippen molar-refractivity contribution in [2.24, 2.45) is 0 Å². The number of aryl methyl sites for hydroxylation is 1. The van der Waals surface area contributed by atoms with E-state index in [1.807, 2.05) is 30.3 Å². The van der Waals surface area contributed by atoms with Crippen molar-refractivity contribution in [3.8, 4) is 11.4 Å². The van der Waals surface area contributed by atoms with Gasteiger partial charge in [0.15, 0.2) is 11.0 Å². The number of hydrogen-bond acceptors (Lipinski definition) is 6. The van der Waals surface area contributed by atoms with E-state index < -0.39 is 0 Å². The Morgan fingerprint density at radius 3 is 2.73 bits per heavy atom. The molecule has 0 saturated heterocycles. The molecular formula is C25H31N5O2S. The third kappa shape index (κ3) is 5.68. The number of ether oxygens (including phenoxy) is 1. The fourth-order valence-electron chi connectivity index (χ4n) is 4.11. The van der Waals surface area contributed by atoms with Crippen LogP contribution < -0.4 is 15.4 Å². The van der Waals surface area contributed by atoms with Crippen molar-refractivity contribution < 1.29 is 9.53 Å². The summed E-state index contributed by atoms with van der Waals surface area (Å²) in [5.74, 6) is 1.95. The molecule has 2 N–H and O–H groups in total. The predicted molar refractivity (Wildman–Crippen MR) is 132 cm³/mol. The number of rotatable bonds is 9. The maximum Gasteiger partial charge on any atom is 0.230 e. The maximum absolute atomic E-state index is 12.5. The summed E-state index contributed by atoms with van der Waals surface area (Å²) in [5.41, 5.74) is 4.33. The molecule has 2 aromatic carbocycles. The van der Waals surface area contributed by atoms with Gasteiger partial charge in [0.25, 0.3) is 0 Å². The molecule has 8 heteroatoms. The van der Waals surface area contributed by atoms with Gasteiger partial charge in [-0.1, -0.05) is 42.8 Å². The van der Waals surface area contributed by atoms with Crippen LogP contribution in [-0.2, 0) is 11.3 Å². The summed E-state index contributed by atoms with van der Waals surface area (Å²) >= 11 is 1.43. The van der Waals surface area contributed by atoms with Crippen molar-refractivity contribution >= 4 is 23.4 Å². The van der Waals surface area contributed by atoms with Gasteiger partial charge in [0, 0.05) is 17.8 Å². The van der Waals surface area contributed by atoms with Crippen molar-refractivity contribution in [2.75, 3.05) is 18.2 Å². The zero-order valence-electron chi connectivity index (χ0n) is 19.4. The van der Waals surface area contributed by atoms with Gasteiger partial charge in [0.1, 0.15) is 5.75 Å². The van der Waals surface area contributed by atoms with E-state index >= 15 is 0 Å². The van der Waals surface area contributed by atoms with Crippen molar-refractivity contribution in [1.82, 2.24) is 20.1 Å². The first kappa shape index (κ1) is 23.2. The Kier molecular flexibility index (Phi) is 7.54. The predicted octanol–water partition coefficient (Wildman–Crippen LogP) is 4.66. The average molecular weight is 466 g/mol. The molecule has 0 spiro atoms. The van der Waals surface area contributed by atoms with Gasteiger partial charge in [0.2, 0.25) is 5.91 Å². The van der Waals surface area contributed by atoms with E-state index in [4.69, 9.17) is 4.74 Å². The number of amides is 1. The maximum atomic E-state index is 12.5. The Hall–Kier alpha value is -3.00. The molecule has 0 radical (unpaired) electrons. The van der Waals surface area contributed by atoms with Crippen LogP contribution in [-0.4, -0.2) is 39.6 Å². The smallest absolute Gasteiger partial charge is 0.230 e. The Labute approximate surface area is 199 Å². The molecule has 1 aliphatic rings. The SMILES string of the molecule is COc1cccc(NCc2nnc(SCC(=O)NC3CCCC3)n2-c2cccc(C)c2C)c1. The molecule has 1 aliphatic carbocycles. The molecule has 0 unspecified atom stereocenters. The summed E-state index contributed by atoms with van der Waals surface area (Å²) < 4.78 is 7.38. The van der Waals surface area contributed by atoms with Gasteiger partial charge >= 0.3 is 0 Å². The number of anilines is 1. The van der Waals surface area contributed by atoms with Crippen LogP contribution in [0.4, 0.5) is 5.69 Å². The molecule has 1 amide bonds.